The molecule has 0 aliphatic rings. The summed E-state index contributed by atoms with van der Waals surface area (Å²) >= 11 is 0. The molecule has 1 N–H and O–H groups in total. The summed E-state index contributed by atoms with van der Waals surface area (Å²) in [6.45, 7) is 5.86. The summed E-state index contributed by atoms with van der Waals surface area (Å²) in [5.74, 6) is -0.548. The van der Waals surface area contributed by atoms with Crippen molar-refractivity contribution >= 4 is 5.97 Å². The van der Waals surface area contributed by atoms with E-state index in [2.05, 4.69) is 6.92 Å². The normalized spacial score (nSPS) is 10.8. The molecule has 5 nitrogen and oxygen atoms in total. The first-order chi connectivity index (χ1) is 8.65. The monoisotopic (exact) mass is 256 g/mol. The van der Waals surface area contributed by atoms with Crippen LogP contribution in [0.5, 0.6) is 0 Å². The van der Waals surface area contributed by atoms with Gasteiger partial charge in [-0.1, -0.05) is 13.3 Å². The number of rotatable bonds is 9. The number of ether oxygens (including phenoxy) is 2. The predicted octanol–water partition coefficient (Wildman–Crippen LogP) is 2.62. The first-order valence-corrected chi connectivity index (χ1v) is 6.13. The molecular weight excluding hydrogens is 236 g/mol. The van der Waals surface area contributed by atoms with E-state index in [1.807, 2.05) is 0 Å². The molecule has 1 heterocycles. The summed E-state index contributed by atoms with van der Waals surface area (Å²) in [7, 11) is 0. The van der Waals surface area contributed by atoms with Crippen molar-refractivity contribution in [1.82, 2.24) is 0 Å². The molecule has 0 atom stereocenters. The van der Waals surface area contributed by atoms with E-state index < -0.39 is 5.97 Å². The summed E-state index contributed by atoms with van der Waals surface area (Å²) in [6.07, 6.45) is 2.17. The maximum Gasteiger partial charge on any atom is 0.372 e. The van der Waals surface area contributed by atoms with Gasteiger partial charge in [-0.2, -0.15) is 0 Å². The SMILES string of the molecule is CCCCOCCOCc1cc(C)c(C(=O)O)o1. The molecule has 102 valence electrons. The van der Waals surface area contributed by atoms with Crippen LogP contribution in [0.25, 0.3) is 0 Å². The van der Waals surface area contributed by atoms with E-state index in [-0.39, 0.29) is 12.4 Å². The molecule has 0 saturated carbocycles. The van der Waals surface area contributed by atoms with Crippen molar-refractivity contribution in [2.24, 2.45) is 0 Å². The van der Waals surface area contributed by atoms with Crippen LogP contribution in [0.15, 0.2) is 10.5 Å². The molecule has 1 rings (SSSR count). The van der Waals surface area contributed by atoms with Gasteiger partial charge < -0.3 is 19.0 Å². The van der Waals surface area contributed by atoms with Crippen molar-refractivity contribution in [1.29, 1.82) is 0 Å². The predicted molar refractivity (Wildman–Crippen MR) is 65.8 cm³/mol. The maximum absolute atomic E-state index is 10.8. The smallest absolute Gasteiger partial charge is 0.372 e. The van der Waals surface area contributed by atoms with Gasteiger partial charge in [0.15, 0.2) is 0 Å². The Hall–Kier alpha value is -1.33. The van der Waals surface area contributed by atoms with Crippen molar-refractivity contribution < 1.29 is 23.8 Å². The third kappa shape index (κ3) is 4.89. The molecule has 0 aliphatic heterocycles. The zero-order valence-corrected chi connectivity index (χ0v) is 10.9. The highest BCUT2D eigenvalue weighted by atomic mass is 16.5. The largest absolute Gasteiger partial charge is 0.475 e. The summed E-state index contributed by atoms with van der Waals surface area (Å²) < 4.78 is 15.8. The Bertz CT molecular complexity index is 369. The molecule has 0 unspecified atom stereocenters. The Balaban J connectivity index is 2.19. The van der Waals surface area contributed by atoms with Crippen molar-refractivity contribution in [3.8, 4) is 0 Å². The molecule has 0 amide bonds. The van der Waals surface area contributed by atoms with Crippen LogP contribution in [0.2, 0.25) is 0 Å². The number of carbonyl (C=O) groups is 1. The number of aromatic carboxylic acids is 1. The van der Waals surface area contributed by atoms with Gasteiger partial charge in [-0.3, -0.25) is 0 Å². The number of unbranched alkanes of at least 4 members (excludes halogenated alkanes) is 1. The van der Waals surface area contributed by atoms with E-state index in [4.69, 9.17) is 19.0 Å². The van der Waals surface area contributed by atoms with Crippen molar-refractivity contribution in [3.63, 3.8) is 0 Å². The number of furan rings is 1. The maximum atomic E-state index is 10.8. The lowest BCUT2D eigenvalue weighted by molar-refractivity contribution is 0.0331. The van der Waals surface area contributed by atoms with Crippen LogP contribution >= 0.6 is 0 Å². The minimum Gasteiger partial charge on any atom is -0.475 e. The molecule has 0 aromatic carbocycles. The quantitative estimate of drug-likeness (QED) is 0.688. The minimum atomic E-state index is -1.05. The van der Waals surface area contributed by atoms with Gasteiger partial charge in [0.1, 0.15) is 12.4 Å². The van der Waals surface area contributed by atoms with E-state index in [1.54, 1.807) is 13.0 Å². The third-order valence-electron chi connectivity index (χ3n) is 2.42. The van der Waals surface area contributed by atoms with Crippen LogP contribution in [0, 0.1) is 6.92 Å². The lowest BCUT2D eigenvalue weighted by atomic mass is 10.3. The van der Waals surface area contributed by atoms with Gasteiger partial charge in [-0.05, 0) is 19.4 Å². The van der Waals surface area contributed by atoms with Gasteiger partial charge in [0.05, 0.1) is 13.2 Å². The summed E-state index contributed by atoms with van der Waals surface area (Å²) in [5.41, 5.74) is 0.611. The first kappa shape index (κ1) is 14.7. The Kier molecular flexibility index (Phi) is 6.46. The highest BCUT2D eigenvalue weighted by molar-refractivity contribution is 5.86. The average molecular weight is 256 g/mol. The summed E-state index contributed by atoms with van der Waals surface area (Å²) in [5, 5.41) is 8.82. The second-order valence-electron chi connectivity index (χ2n) is 4.05. The van der Waals surface area contributed by atoms with Crippen LogP contribution < -0.4 is 0 Å². The van der Waals surface area contributed by atoms with E-state index in [0.29, 0.717) is 24.5 Å². The van der Waals surface area contributed by atoms with Crippen LogP contribution in [-0.2, 0) is 16.1 Å². The van der Waals surface area contributed by atoms with Gasteiger partial charge in [-0.25, -0.2) is 4.79 Å². The molecule has 1 aromatic heterocycles. The number of aryl methyl sites for hydroxylation is 1. The van der Waals surface area contributed by atoms with Gasteiger partial charge in [0, 0.05) is 12.2 Å². The molecule has 5 heteroatoms. The first-order valence-electron chi connectivity index (χ1n) is 6.13. The fourth-order valence-corrected chi connectivity index (χ4v) is 1.47. The average Bonchev–Trinajstić information content (AvgIpc) is 2.69. The van der Waals surface area contributed by atoms with Gasteiger partial charge in [0.2, 0.25) is 5.76 Å². The topological polar surface area (TPSA) is 68.9 Å². The fourth-order valence-electron chi connectivity index (χ4n) is 1.47. The number of hydrogen-bond acceptors (Lipinski definition) is 4. The lowest BCUT2D eigenvalue weighted by Crippen LogP contribution is -2.05. The Morgan fingerprint density at radius 1 is 1.33 bits per heavy atom. The number of hydrogen-bond donors (Lipinski definition) is 1. The lowest BCUT2D eigenvalue weighted by Gasteiger charge is -2.03. The van der Waals surface area contributed by atoms with Gasteiger partial charge in [-0.15, -0.1) is 0 Å². The highest BCUT2D eigenvalue weighted by Gasteiger charge is 2.13. The van der Waals surface area contributed by atoms with Gasteiger partial charge >= 0.3 is 5.97 Å². The summed E-state index contributed by atoms with van der Waals surface area (Å²) in [6, 6.07) is 1.68. The van der Waals surface area contributed by atoms with E-state index in [0.717, 1.165) is 19.4 Å². The van der Waals surface area contributed by atoms with Crippen molar-refractivity contribution in [2.75, 3.05) is 19.8 Å². The Labute approximate surface area is 107 Å². The fraction of sp³-hybridized carbons (Fsp3) is 0.615. The Morgan fingerprint density at radius 2 is 2.06 bits per heavy atom. The summed E-state index contributed by atoms with van der Waals surface area (Å²) in [4.78, 5) is 10.8. The second kappa shape index (κ2) is 7.89. The van der Waals surface area contributed by atoms with E-state index in [1.165, 1.54) is 0 Å². The molecule has 0 bridgehead atoms. The van der Waals surface area contributed by atoms with Crippen LogP contribution in [0.1, 0.15) is 41.6 Å². The molecule has 0 fully saturated rings. The van der Waals surface area contributed by atoms with Crippen molar-refractivity contribution in [3.05, 3.63) is 23.2 Å². The third-order valence-corrected chi connectivity index (χ3v) is 2.42. The molecule has 0 radical (unpaired) electrons. The molecule has 18 heavy (non-hydrogen) atoms. The highest BCUT2D eigenvalue weighted by Crippen LogP contribution is 2.15. The van der Waals surface area contributed by atoms with Crippen LogP contribution in [-0.4, -0.2) is 30.9 Å². The molecule has 0 spiro atoms. The molecule has 1 aromatic rings. The van der Waals surface area contributed by atoms with Gasteiger partial charge in [0.25, 0.3) is 0 Å². The molecule has 0 aliphatic carbocycles. The zero-order valence-electron chi connectivity index (χ0n) is 10.9. The van der Waals surface area contributed by atoms with Crippen LogP contribution in [0.4, 0.5) is 0 Å². The number of carboxylic acids is 1. The van der Waals surface area contributed by atoms with E-state index in [9.17, 15) is 4.79 Å². The molecular formula is C13H20O5. The van der Waals surface area contributed by atoms with Crippen molar-refractivity contribution in [2.45, 2.75) is 33.3 Å². The standard InChI is InChI=1S/C13H20O5/c1-3-4-5-16-6-7-17-9-11-8-10(2)12(18-11)13(14)15/h8H,3-7,9H2,1-2H3,(H,14,15). The Morgan fingerprint density at radius 3 is 2.67 bits per heavy atom. The molecule has 0 saturated heterocycles. The van der Waals surface area contributed by atoms with E-state index >= 15 is 0 Å². The second-order valence-corrected chi connectivity index (χ2v) is 4.05. The zero-order chi connectivity index (χ0) is 13.4. The minimum absolute atomic E-state index is 0.0206. The number of carboxylic acid groups (broad SMARTS) is 1. The van der Waals surface area contributed by atoms with Crippen LogP contribution in [0.3, 0.4) is 0 Å².